The lowest BCUT2D eigenvalue weighted by Crippen LogP contribution is -2.44. The van der Waals surface area contributed by atoms with E-state index in [0.29, 0.717) is 13.1 Å². The second kappa shape index (κ2) is 10.4. The summed E-state index contributed by atoms with van der Waals surface area (Å²) in [6.07, 6.45) is 5.21. The highest BCUT2D eigenvalue weighted by atomic mass is 16.6. The van der Waals surface area contributed by atoms with Crippen molar-refractivity contribution < 1.29 is 19.0 Å². The van der Waals surface area contributed by atoms with Crippen LogP contribution in [0.4, 0.5) is 4.79 Å². The fraction of sp³-hybridized carbons (Fsp3) is 0.708. The van der Waals surface area contributed by atoms with E-state index in [1.54, 1.807) is 4.90 Å². The van der Waals surface area contributed by atoms with Gasteiger partial charge in [-0.25, -0.2) is 4.79 Å². The Morgan fingerprint density at radius 3 is 2.30 bits per heavy atom. The van der Waals surface area contributed by atoms with Crippen LogP contribution in [0.3, 0.4) is 0 Å². The predicted octanol–water partition coefficient (Wildman–Crippen LogP) is 4.72. The Labute approximate surface area is 181 Å². The number of piperidine rings is 1. The molecule has 1 aromatic rings. The van der Waals surface area contributed by atoms with Gasteiger partial charge >= 0.3 is 6.09 Å². The fourth-order valence-electron chi connectivity index (χ4n) is 4.07. The van der Waals surface area contributed by atoms with Gasteiger partial charge in [-0.05, 0) is 77.8 Å². The van der Waals surface area contributed by atoms with Crippen molar-refractivity contribution in [1.29, 1.82) is 0 Å². The first-order valence-electron chi connectivity index (χ1n) is 11.4. The smallest absolute Gasteiger partial charge is 0.410 e. The van der Waals surface area contributed by atoms with Gasteiger partial charge in [0.15, 0.2) is 0 Å². The molecule has 1 aromatic carbocycles. The molecule has 0 radical (unpaired) electrons. The fourth-order valence-corrected chi connectivity index (χ4v) is 4.07. The lowest BCUT2D eigenvalue weighted by molar-refractivity contribution is 0.0126. The first-order valence-corrected chi connectivity index (χ1v) is 11.4. The summed E-state index contributed by atoms with van der Waals surface area (Å²) in [5.41, 5.74) is -0.457. The van der Waals surface area contributed by atoms with E-state index in [0.717, 1.165) is 50.0 Å². The maximum atomic E-state index is 12.2. The van der Waals surface area contributed by atoms with Crippen LogP contribution in [0.2, 0.25) is 0 Å². The van der Waals surface area contributed by atoms with Gasteiger partial charge in [0, 0.05) is 38.5 Å². The van der Waals surface area contributed by atoms with Crippen molar-refractivity contribution in [2.45, 2.75) is 77.5 Å². The van der Waals surface area contributed by atoms with E-state index < -0.39 is 5.60 Å². The summed E-state index contributed by atoms with van der Waals surface area (Å²) in [7, 11) is 0. The van der Waals surface area contributed by atoms with Gasteiger partial charge in [0.05, 0.1) is 6.61 Å². The molecule has 168 valence electrons. The molecule has 1 atom stereocenters. The van der Waals surface area contributed by atoms with Crippen LogP contribution in [-0.2, 0) is 4.74 Å². The molecule has 0 N–H and O–H groups in total. The quantitative estimate of drug-likeness (QED) is 0.600. The van der Waals surface area contributed by atoms with E-state index in [1.165, 1.54) is 19.4 Å². The third kappa shape index (κ3) is 7.08. The number of ether oxygens (including phenoxy) is 3. The number of amides is 1. The molecule has 1 unspecified atom stereocenters. The minimum Gasteiger partial charge on any atom is -0.494 e. The number of carbonyl (C=O) groups excluding carboxylic acids is 1. The molecule has 1 amide bonds. The van der Waals surface area contributed by atoms with Crippen LogP contribution < -0.4 is 9.47 Å². The minimum atomic E-state index is -0.457. The molecule has 0 saturated carbocycles. The zero-order chi connectivity index (χ0) is 21.6. The highest BCUT2D eigenvalue weighted by Gasteiger charge is 2.27. The molecule has 2 aliphatic rings. The highest BCUT2D eigenvalue weighted by molar-refractivity contribution is 5.68. The molecule has 0 aromatic heterocycles. The Balaban J connectivity index is 1.34. The van der Waals surface area contributed by atoms with Gasteiger partial charge < -0.3 is 24.0 Å². The standard InChI is InChI=1S/C24H38N2O4/c1-19-7-5-14-25(19)15-6-18-28-20-8-10-21(11-9-20)29-22-12-16-26(17-13-22)23(27)30-24(2,3)4/h8-11,19,22H,5-7,12-18H2,1-4H3. The summed E-state index contributed by atoms with van der Waals surface area (Å²) in [4.78, 5) is 16.5. The van der Waals surface area contributed by atoms with E-state index >= 15 is 0 Å². The van der Waals surface area contributed by atoms with E-state index in [2.05, 4.69) is 11.8 Å². The summed E-state index contributed by atoms with van der Waals surface area (Å²) in [6, 6.07) is 8.61. The average molecular weight is 419 g/mol. The van der Waals surface area contributed by atoms with E-state index in [9.17, 15) is 4.79 Å². The number of likely N-dealkylation sites (tertiary alicyclic amines) is 2. The number of nitrogens with zero attached hydrogens (tertiary/aromatic N) is 2. The lowest BCUT2D eigenvalue weighted by Gasteiger charge is -2.33. The van der Waals surface area contributed by atoms with Gasteiger partial charge in [0.25, 0.3) is 0 Å². The van der Waals surface area contributed by atoms with E-state index in [-0.39, 0.29) is 12.2 Å². The Morgan fingerprint density at radius 1 is 1.03 bits per heavy atom. The Morgan fingerprint density at radius 2 is 1.70 bits per heavy atom. The van der Waals surface area contributed by atoms with Gasteiger partial charge in [0.2, 0.25) is 0 Å². The Hall–Kier alpha value is -1.95. The van der Waals surface area contributed by atoms with Crippen LogP contribution >= 0.6 is 0 Å². The zero-order valence-electron chi connectivity index (χ0n) is 19.1. The van der Waals surface area contributed by atoms with Gasteiger partial charge in [0.1, 0.15) is 23.2 Å². The monoisotopic (exact) mass is 418 g/mol. The number of hydrogen-bond donors (Lipinski definition) is 0. The molecule has 2 aliphatic heterocycles. The van der Waals surface area contributed by atoms with Crippen LogP contribution in [0.5, 0.6) is 11.5 Å². The second-order valence-electron chi connectivity index (χ2n) is 9.49. The molecule has 2 heterocycles. The molecule has 2 fully saturated rings. The summed E-state index contributed by atoms with van der Waals surface area (Å²) in [6.45, 7) is 12.4. The van der Waals surface area contributed by atoms with Crippen molar-refractivity contribution in [3.63, 3.8) is 0 Å². The van der Waals surface area contributed by atoms with Gasteiger partial charge in [-0.3, -0.25) is 0 Å². The summed E-state index contributed by atoms with van der Waals surface area (Å²) in [5, 5.41) is 0. The maximum absolute atomic E-state index is 12.2. The molecule has 3 rings (SSSR count). The predicted molar refractivity (Wildman–Crippen MR) is 118 cm³/mol. The van der Waals surface area contributed by atoms with Gasteiger partial charge in [-0.15, -0.1) is 0 Å². The summed E-state index contributed by atoms with van der Waals surface area (Å²) >= 11 is 0. The molecule has 6 heteroatoms. The first kappa shape index (κ1) is 22.7. The lowest BCUT2D eigenvalue weighted by atomic mass is 10.1. The third-order valence-electron chi connectivity index (χ3n) is 5.77. The third-order valence-corrected chi connectivity index (χ3v) is 5.77. The van der Waals surface area contributed by atoms with Crippen molar-refractivity contribution in [2.24, 2.45) is 0 Å². The SMILES string of the molecule is CC1CCCN1CCCOc1ccc(OC2CCN(C(=O)OC(C)(C)C)CC2)cc1. The normalized spacial score (nSPS) is 20.9. The van der Waals surface area contributed by atoms with E-state index in [4.69, 9.17) is 14.2 Å². The topological polar surface area (TPSA) is 51.2 Å². The van der Waals surface area contributed by atoms with Crippen molar-refractivity contribution >= 4 is 6.09 Å². The van der Waals surface area contributed by atoms with Crippen LogP contribution in [0.25, 0.3) is 0 Å². The Kier molecular flexibility index (Phi) is 7.87. The molecule has 0 spiro atoms. The maximum Gasteiger partial charge on any atom is 0.410 e. The van der Waals surface area contributed by atoms with Gasteiger partial charge in [-0.2, -0.15) is 0 Å². The molecule has 30 heavy (non-hydrogen) atoms. The molecular formula is C24H38N2O4. The number of carbonyl (C=O) groups is 1. The number of benzene rings is 1. The van der Waals surface area contributed by atoms with Crippen molar-refractivity contribution in [1.82, 2.24) is 9.80 Å². The summed E-state index contributed by atoms with van der Waals surface area (Å²) in [5.74, 6) is 1.74. The largest absolute Gasteiger partial charge is 0.494 e. The molecule has 2 saturated heterocycles. The molecule has 0 bridgehead atoms. The Bertz CT molecular complexity index is 663. The molecule has 0 aliphatic carbocycles. The van der Waals surface area contributed by atoms with E-state index in [1.807, 2.05) is 45.0 Å². The summed E-state index contributed by atoms with van der Waals surface area (Å²) < 4.78 is 17.4. The van der Waals surface area contributed by atoms with Crippen LogP contribution in [0, 0.1) is 0 Å². The van der Waals surface area contributed by atoms with Gasteiger partial charge in [-0.1, -0.05) is 0 Å². The minimum absolute atomic E-state index is 0.123. The van der Waals surface area contributed by atoms with Crippen molar-refractivity contribution in [2.75, 3.05) is 32.8 Å². The molecular weight excluding hydrogens is 380 g/mol. The van der Waals surface area contributed by atoms with Crippen LogP contribution in [0.1, 0.15) is 59.8 Å². The highest BCUT2D eigenvalue weighted by Crippen LogP contribution is 2.23. The second-order valence-corrected chi connectivity index (χ2v) is 9.49. The van der Waals surface area contributed by atoms with Crippen molar-refractivity contribution in [3.05, 3.63) is 24.3 Å². The van der Waals surface area contributed by atoms with Crippen molar-refractivity contribution in [3.8, 4) is 11.5 Å². The zero-order valence-corrected chi connectivity index (χ0v) is 19.1. The van der Waals surface area contributed by atoms with Crippen LogP contribution in [0.15, 0.2) is 24.3 Å². The number of hydrogen-bond acceptors (Lipinski definition) is 5. The molecule has 6 nitrogen and oxygen atoms in total. The van der Waals surface area contributed by atoms with Crippen LogP contribution in [-0.4, -0.2) is 66.4 Å². The first-order chi connectivity index (χ1) is 14.3. The number of rotatable bonds is 7. The average Bonchev–Trinajstić information content (AvgIpc) is 3.10.